The molecule has 0 unspecified atom stereocenters. The van der Waals surface area contributed by atoms with Gasteiger partial charge < -0.3 is 0 Å². The van der Waals surface area contributed by atoms with Gasteiger partial charge in [-0.15, -0.1) is 10.2 Å². The summed E-state index contributed by atoms with van der Waals surface area (Å²) in [6.45, 7) is 1.99. The van der Waals surface area contributed by atoms with Gasteiger partial charge >= 0.3 is 0 Å². The molecule has 1 aromatic carbocycles. The molecule has 0 saturated heterocycles. The van der Waals surface area contributed by atoms with Crippen LogP contribution in [0.3, 0.4) is 0 Å². The summed E-state index contributed by atoms with van der Waals surface area (Å²) in [4.78, 5) is 21.6. The van der Waals surface area contributed by atoms with E-state index >= 15 is 0 Å². The van der Waals surface area contributed by atoms with Gasteiger partial charge in [0.25, 0.3) is 5.91 Å². The van der Waals surface area contributed by atoms with Crippen molar-refractivity contribution < 1.29 is 4.79 Å². The van der Waals surface area contributed by atoms with Gasteiger partial charge in [-0.1, -0.05) is 23.0 Å². The van der Waals surface area contributed by atoms with Crippen molar-refractivity contribution in [2.75, 3.05) is 5.32 Å². The Morgan fingerprint density at radius 2 is 2.12 bits per heavy atom. The van der Waals surface area contributed by atoms with Crippen LogP contribution in [0.25, 0.3) is 22.2 Å². The van der Waals surface area contributed by atoms with Gasteiger partial charge in [0.15, 0.2) is 0 Å². The number of aryl methyl sites for hydroxylation is 1. The van der Waals surface area contributed by atoms with E-state index in [1.165, 1.54) is 11.3 Å². The van der Waals surface area contributed by atoms with Crippen LogP contribution in [0.5, 0.6) is 0 Å². The highest BCUT2D eigenvalue weighted by molar-refractivity contribution is 7.13. The smallest absolute Gasteiger partial charge is 0.258 e. The van der Waals surface area contributed by atoms with Crippen molar-refractivity contribution in [2.24, 2.45) is 0 Å². The largest absolute Gasteiger partial charge is 0.296 e. The predicted octanol–water partition coefficient (Wildman–Crippen LogP) is 3.71. The second kappa shape index (κ2) is 6.37. The van der Waals surface area contributed by atoms with Crippen LogP contribution in [0.2, 0.25) is 0 Å². The third-order valence-corrected chi connectivity index (χ3v) is 4.35. The van der Waals surface area contributed by atoms with Crippen LogP contribution in [-0.2, 0) is 0 Å². The van der Waals surface area contributed by atoms with Crippen molar-refractivity contribution in [2.45, 2.75) is 6.92 Å². The SMILES string of the molecule is Cc1ccc2nc(-c3cccnc3)cc(C(=O)Nc3nncs3)c2c1. The van der Waals surface area contributed by atoms with E-state index in [0.29, 0.717) is 16.4 Å². The average Bonchev–Trinajstić information content (AvgIpc) is 3.14. The molecule has 0 aliphatic carbocycles. The first-order valence-corrected chi connectivity index (χ1v) is 8.48. The van der Waals surface area contributed by atoms with Crippen LogP contribution >= 0.6 is 11.3 Å². The van der Waals surface area contributed by atoms with Crippen molar-refractivity contribution >= 4 is 33.3 Å². The summed E-state index contributed by atoms with van der Waals surface area (Å²) in [6, 6.07) is 11.4. The second-order valence-corrected chi connectivity index (χ2v) is 6.35. The molecule has 3 aromatic heterocycles. The molecule has 1 amide bonds. The third kappa shape index (κ3) is 3.09. The summed E-state index contributed by atoms with van der Waals surface area (Å²) in [5.74, 6) is -0.236. The summed E-state index contributed by atoms with van der Waals surface area (Å²) in [7, 11) is 0. The van der Waals surface area contributed by atoms with Crippen molar-refractivity contribution in [3.63, 3.8) is 0 Å². The van der Waals surface area contributed by atoms with Crippen LogP contribution in [0.1, 0.15) is 15.9 Å². The highest BCUT2D eigenvalue weighted by Crippen LogP contribution is 2.26. The number of nitrogens with zero attached hydrogens (tertiary/aromatic N) is 4. The Hall–Kier alpha value is -3.19. The Kier molecular flexibility index (Phi) is 3.91. The Morgan fingerprint density at radius 3 is 2.88 bits per heavy atom. The molecule has 0 fully saturated rings. The Bertz CT molecular complexity index is 1050. The first kappa shape index (κ1) is 15.3. The minimum absolute atomic E-state index is 0.236. The number of pyridine rings is 2. The number of hydrogen-bond acceptors (Lipinski definition) is 6. The molecule has 7 heteroatoms. The minimum Gasteiger partial charge on any atom is -0.296 e. The molecule has 3 heterocycles. The molecule has 0 bridgehead atoms. The van der Waals surface area contributed by atoms with Crippen LogP contribution < -0.4 is 5.32 Å². The number of rotatable bonds is 3. The standard InChI is InChI=1S/C18H13N5OS/c1-11-4-5-15-13(7-11)14(17(24)22-18-23-20-10-25-18)8-16(21-15)12-3-2-6-19-9-12/h2-10H,1H3,(H,22,23,24). The fourth-order valence-corrected chi connectivity index (χ4v) is 3.02. The minimum atomic E-state index is -0.236. The molecule has 0 aliphatic heterocycles. The molecule has 6 nitrogen and oxygen atoms in total. The molecule has 0 atom stereocenters. The van der Waals surface area contributed by atoms with Gasteiger partial charge in [-0.3, -0.25) is 15.1 Å². The van der Waals surface area contributed by atoms with Crippen LogP contribution in [-0.4, -0.2) is 26.1 Å². The summed E-state index contributed by atoms with van der Waals surface area (Å²) in [6.07, 6.45) is 3.44. The molecule has 25 heavy (non-hydrogen) atoms. The van der Waals surface area contributed by atoms with E-state index in [-0.39, 0.29) is 5.91 Å². The van der Waals surface area contributed by atoms with Crippen molar-refractivity contribution in [1.82, 2.24) is 20.2 Å². The molecular weight excluding hydrogens is 334 g/mol. The number of aromatic nitrogens is 4. The summed E-state index contributed by atoms with van der Waals surface area (Å²) >= 11 is 1.28. The topological polar surface area (TPSA) is 80.7 Å². The maximum Gasteiger partial charge on any atom is 0.258 e. The van der Waals surface area contributed by atoms with E-state index in [4.69, 9.17) is 0 Å². The maximum absolute atomic E-state index is 12.8. The van der Waals surface area contributed by atoms with Crippen LogP contribution in [0.15, 0.2) is 54.3 Å². The highest BCUT2D eigenvalue weighted by Gasteiger charge is 2.15. The molecular formula is C18H13N5OS. The van der Waals surface area contributed by atoms with Crippen LogP contribution in [0, 0.1) is 6.92 Å². The number of nitrogens with one attached hydrogen (secondary N) is 1. The van der Waals surface area contributed by atoms with E-state index in [9.17, 15) is 4.79 Å². The van der Waals surface area contributed by atoms with Gasteiger partial charge in [-0.05, 0) is 37.3 Å². The van der Waals surface area contributed by atoms with Crippen molar-refractivity contribution in [3.8, 4) is 11.3 Å². The number of amides is 1. The second-order valence-electron chi connectivity index (χ2n) is 5.52. The summed E-state index contributed by atoms with van der Waals surface area (Å²) in [5, 5.41) is 11.7. The third-order valence-electron chi connectivity index (χ3n) is 3.75. The van der Waals surface area contributed by atoms with E-state index in [0.717, 1.165) is 22.0 Å². The lowest BCUT2D eigenvalue weighted by atomic mass is 10.0. The monoisotopic (exact) mass is 347 g/mol. The Labute approximate surface area is 147 Å². The quantitative estimate of drug-likeness (QED) is 0.611. The zero-order chi connectivity index (χ0) is 17.2. The van der Waals surface area contributed by atoms with Gasteiger partial charge in [0.2, 0.25) is 5.13 Å². The number of anilines is 1. The number of fused-ring (bicyclic) bond motifs is 1. The number of carbonyl (C=O) groups excluding carboxylic acids is 1. The average molecular weight is 347 g/mol. The summed E-state index contributed by atoms with van der Waals surface area (Å²) < 4.78 is 0. The lowest BCUT2D eigenvalue weighted by molar-refractivity contribution is 0.102. The Morgan fingerprint density at radius 1 is 1.20 bits per heavy atom. The fourth-order valence-electron chi connectivity index (χ4n) is 2.58. The van der Waals surface area contributed by atoms with Crippen molar-refractivity contribution in [3.05, 3.63) is 65.4 Å². The zero-order valence-electron chi connectivity index (χ0n) is 13.3. The normalized spacial score (nSPS) is 10.8. The van der Waals surface area contributed by atoms with Crippen LogP contribution in [0.4, 0.5) is 5.13 Å². The van der Waals surface area contributed by atoms with Gasteiger partial charge in [0.1, 0.15) is 5.51 Å². The maximum atomic E-state index is 12.8. The van der Waals surface area contributed by atoms with E-state index in [1.807, 2.05) is 37.3 Å². The van der Waals surface area contributed by atoms with Gasteiger partial charge in [-0.2, -0.15) is 0 Å². The first-order valence-electron chi connectivity index (χ1n) is 7.60. The molecule has 1 N–H and O–H groups in total. The van der Waals surface area contributed by atoms with E-state index < -0.39 is 0 Å². The lowest BCUT2D eigenvalue weighted by Crippen LogP contribution is -2.13. The predicted molar refractivity (Wildman–Crippen MR) is 97.6 cm³/mol. The molecule has 0 saturated carbocycles. The summed E-state index contributed by atoms with van der Waals surface area (Å²) in [5.41, 5.74) is 5.50. The van der Waals surface area contributed by atoms with Gasteiger partial charge in [0.05, 0.1) is 16.8 Å². The molecule has 0 radical (unpaired) electrons. The Balaban J connectivity index is 1.87. The highest BCUT2D eigenvalue weighted by atomic mass is 32.1. The molecule has 4 rings (SSSR count). The molecule has 4 aromatic rings. The lowest BCUT2D eigenvalue weighted by Gasteiger charge is -2.10. The molecule has 0 aliphatic rings. The van der Waals surface area contributed by atoms with Gasteiger partial charge in [0, 0.05) is 23.3 Å². The first-order chi connectivity index (χ1) is 12.2. The number of carbonyl (C=O) groups is 1. The van der Waals surface area contributed by atoms with E-state index in [2.05, 4.69) is 25.5 Å². The molecule has 0 spiro atoms. The number of benzene rings is 1. The number of hydrogen-bond donors (Lipinski definition) is 1. The van der Waals surface area contributed by atoms with Gasteiger partial charge in [-0.25, -0.2) is 4.98 Å². The van der Waals surface area contributed by atoms with E-state index in [1.54, 1.807) is 24.0 Å². The molecule has 122 valence electrons. The van der Waals surface area contributed by atoms with Crippen molar-refractivity contribution in [1.29, 1.82) is 0 Å². The zero-order valence-corrected chi connectivity index (χ0v) is 14.1. The fraction of sp³-hybridized carbons (Fsp3) is 0.0556.